The summed E-state index contributed by atoms with van der Waals surface area (Å²) in [6, 6.07) is 8.71. The zero-order valence-electron chi connectivity index (χ0n) is 11.8. The second-order valence-corrected chi connectivity index (χ2v) is 5.54. The molecule has 1 aliphatic rings. The topological polar surface area (TPSA) is 24.5 Å². The first-order valence-corrected chi connectivity index (χ1v) is 6.77. The Bertz CT molecular complexity index is 392. The Balaban J connectivity index is 1.94. The lowest BCUT2D eigenvalue weighted by Crippen LogP contribution is -2.44. The number of likely N-dealkylation sites (N-methyl/N-ethyl adjacent to an activating group) is 1. The number of hydrogen-bond donors (Lipinski definition) is 1. The van der Waals surface area contributed by atoms with Gasteiger partial charge in [0.05, 0.1) is 12.2 Å². The van der Waals surface area contributed by atoms with Crippen molar-refractivity contribution in [3.63, 3.8) is 0 Å². The summed E-state index contributed by atoms with van der Waals surface area (Å²) in [5, 5.41) is 3.43. The minimum Gasteiger partial charge on any atom is -0.485 e. The molecule has 1 aromatic carbocycles. The van der Waals surface area contributed by atoms with E-state index < -0.39 is 0 Å². The average Bonchev–Trinajstić information content (AvgIpc) is 2.37. The lowest BCUT2D eigenvalue weighted by Gasteiger charge is -2.34. The maximum Gasteiger partial charge on any atom is 0.142 e. The van der Waals surface area contributed by atoms with Crippen LogP contribution < -0.4 is 10.1 Å². The van der Waals surface area contributed by atoms with E-state index >= 15 is 0 Å². The molecule has 0 aromatic heterocycles. The third kappa shape index (κ3) is 2.96. The van der Waals surface area contributed by atoms with E-state index in [1.54, 1.807) is 0 Å². The van der Waals surface area contributed by atoms with Crippen LogP contribution in [0.4, 0.5) is 5.69 Å². The molecule has 3 nitrogen and oxygen atoms in total. The molecule has 0 fully saturated rings. The van der Waals surface area contributed by atoms with Crippen LogP contribution in [0.25, 0.3) is 0 Å². The van der Waals surface area contributed by atoms with E-state index in [4.69, 9.17) is 4.74 Å². The fourth-order valence-corrected chi connectivity index (χ4v) is 2.26. The van der Waals surface area contributed by atoms with Crippen LogP contribution in [0.5, 0.6) is 5.75 Å². The summed E-state index contributed by atoms with van der Waals surface area (Å²) in [5.41, 5.74) is 1.10. The van der Waals surface area contributed by atoms with Crippen molar-refractivity contribution in [2.24, 2.45) is 5.92 Å². The average molecular weight is 248 g/mol. The number of fused-ring (bicyclic) bond motifs is 1. The van der Waals surface area contributed by atoms with Crippen molar-refractivity contribution in [2.75, 3.05) is 25.5 Å². The van der Waals surface area contributed by atoms with Crippen LogP contribution >= 0.6 is 0 Å². The monoisotopic (exact) mass is 248 g/mol. The molecule has 0 radical (unpaired) electrons. The fourth-order valence-electron chi connectivity index (χ4n) is 2.26. The molecule has 0 spiro atoms. The smallest absolute Gasteiger partial charge is 0.142 e. The SMILES string of the molecule is CC(C)C(C)N(C)CC1CNc2ccccc2O1. The van der Waals surface area contributed by atoms with Crippen LogP contribution in [0, 0.1) is 5.92 Å². The molecule has 1 aliphatic heterocycles. The molecule has 0 saturated heterocycles. The Morgan fingerprint density at radius 2 is 2.06 bits per heavy atom. The van der Waals surface area contributed by atoms with Gasteiger partial charge in [-0.25, -0.2) is 0 Å². The molecule has 0 amide bonds. The van der Waals surface area contributed by atoms with Crippen molar-refractivity contribution in [2.45, 2.75) is 32.9 Å². The molecule has 1 N–H and O–H groups in total. The highest BCUT2D eigenvalue weighted by atomic mass is 16.5. The van der Waals surface area contributed by atoms with Crippen molar-refractivity contribution in [3.8, 4) is 5.75 Å². The molecule has 2 unspecified atom stereocenters. The van der Waals surface area contributed by atoms with Crippen molar-refractivity contribution >= 4 is 5.69 Å². The molecule has 0 saturated carbocycles. The first-order chi connectivity index (χ1) is 8.58. The van der Waals surface area contributed by atoms with E-state index in [1.165, 1.54) is 0 Å². The molecular weight excluding hydrogens is 224 g/mol. The Morgan fingerprint density at radius 1 is 1.33 bits per heavy atom. The van der Waals surface area contributed by atoms with Gasteiger partial charge in [-0.05, 0) is 32.0 Å². The number of benzene rings is 1. The quantitative estimate of drug-likeness (QED) is 0.886. The highest BCUT2D eigenvalue weighted by molar-refractivity contribution is 5.57. The summed E-state index contributed by atoms with van der Waals surface area (Å²) in [5.74, 6) is 1.64. The van der Waals surface area contributed by atoms with Gasteiger partial charge in [0.1, 0.15) is 11.9 Å². The van der Waals surface area contributed by atoms with Gasteiger partial charge < -0.3 is 10.1 Å². The molecule has 3 heteroatoms. The lowest BCUT2D eigenvalue weighted by atomic mass is 10.0. The van der Waals surface area contributed by atoms with Gasteiger partial charge in [0.25, 0.3) is 0 Å². The van der Waals surface area contributed by atoms with Gasteiger partial charge in [-0.2, -0.15) is 0 Å². The Hall–Kier alpha value is -1.22. The van der Waals surface area contributed by atoms with Gasteiger partial charge in [0, 0.05) is 12.6 Å². The molecule has 0 aliphatic carbocycles. The van der Waals surface area contributed by atoms with Crippen molar-refractivity contribution in [3.05, 3.63) is 24.3 Å². The normalized spacial score (nSPS) is 20.2. The standard InChI is InChI=1S/C15H24N2O/c1-11(2)12(3)17(4)10-13-9-16-14-7-5-6-8-15(14)18-13/h5-8,11-13,16H,9-10H2,1-4H3. The predicted molar refractivity (Wildman–Crippen MR) is 76.3 cm³/mol. The number of nitrogens with one attached hydrogen (secondary N) is 1. The molecule has 1 heterocycles. The number of para-hydroxylation sites is 2. The van der Waals surface area contributed by atoms with Crippen molar-refractivity contribution < 1.29 is 4.74 Å². The number of nitrogens with zero attached hydrogens (tertiary/aromatic N) is 1. The predicted octanol–water partition coefficient (Wildman–Crippen LogP) is 2.84. The third-order valence-electron chi connectivity index (χ3n) is 3.85. The highest BCUT2D eigenvalue weighted by Crippen LogP contribution is 2.28. The van der Waals surface area contributed by atoms with Gasteiger partial charge in [-0.15, -0.1) is 0 Å². The minimum atomic E-state index is 0.228. The summed E-state index contributed by atoms with van der Waals surface area (Å²) in [7, 11) is 2.18. The van der Waals surface area contributed by atoms with Crippen LogP contribution in [-0.4, -0.2) is 37.2 Å². The van der Waals surface area contributed by atoms with E-state index in [9.17, 15) is 0 Å². The molecule has 100 valence electrons. The highest BCUT2D eigenvalue weighted by Gasteiger charge is 2.22. The van der Waals surface area contributed by atoms with E-state index in [0.29, 0.717) is 12.0 Å². The van der Waals surface area contributed by atoms with Crippen molar-refractivity contribution in [1.29, 1.82) is 0 Å². The second-order valence-electron chi connectivity index (χ2n) is 5.54. The van der Waals surface area contributed by atoms with E-state index in [0.717, 1.165) is 24.5 Å². The first-order valence-electron chi connectivity index (χ1n) is 6.77. The molecular formula is C15H24N2O. The lowest BCUT2D eigenvalue weighted by molar-refractivity contribution is 0.115. The van der Waals surface area contributed by atoms with Crippen molar-refractivity contribution in [1.82, 2.24) is 4.90 Å². The van der Waals surface area contributed by atoms with E-state index in [1.807, 2.05) is 18.2 Å². The summed E-state index contributed by atoms with van der Waals surface area (Å²) in [6.07, 6.45) is 0.228. The zero-order chi connectivity index (χ0) is 13.1. The maximum absolute atomic E-state index is 6.03. The summed E-state index contributed by atoms with van der Waals surface area (Å²) in [6.45, 7) is 8.63. The second kappa shape index (κ2) is 5.61. The van der Waals surface area contributed by atoms with Crippen LogP contribution in [-0.2, 0) is 0 Å². The van der Waals surface area contributed by atoms with Crippen LogP contribution in [0.2, 0.25) is 0 Å². The Kier molecular flexibility index (Phi) is 4.12. The number of anilines is 1. The maximum atomic E-state index is 6.03. The molecule has 1 aromatic rings. The van der Waals surface area contributed by atoms with Crippen LogP contribution in [0.1, 0.15) is 20.8 Å². The van der Waals surface area contributed by atoms with Gasteiger partial charge in [-0.3, -0.25) is 4.90 Å². The zero-order valence-corrected chi connectivity index (χ0v) is 11.8. The van der Waals surface area contributed by atoms with Gasteiger partial charge in [-0.1, -0.05) is 26.0 Å². The molecule has 18 heavy (non-hydrogen) atoms. The summed E-state index contributed by atoms with van der Waals surface area (Å²) >= 11 is 0. The van der Waals surface area contributed by atoms with Gasteiger partial charge >= 0.3 is 0 Å². The van der Waals surface area contributed by atoms with Crippen LogP contribution in [0.3, 0.4) is 0 Å². The molecule has 0 bridgehead atoms. The number of hydrogen-bond acceptors (Lipinski definition) is 3. The molecule has 2 atom stereocenters. The summed E-state index contributed by atoms with van der Waals surface area (Å²) < 4.78 is 6.03. The van der Waals surface area contributed by atoms with Crippen LogP contribution in [0.15, 0.2) is 24.3 Å². The van der Waals surface area contributed by atoms with E-state index in [-0.39, 0.29) is 6.10 Å². The fraction of sp³-hybridized carbons (Fsp3) is 0.600. The van der Waals surface area contributed by atoms with Gasteiger partial charge in [0.15, 0.2) is 0 Å². The number of ether oxygens (including phenoxy) is 1. The van der Waals surface area contributed by atoms with E-state index in [2.05, 4.69) is 44.1 Å². The first kappa shape index (κ1) is 13.2. The third-order valence-corrected chi connectivity index (χ3v) is 3.85. The minimum absolute atomic E-state index is 0.228. The number of rotatable bonds is 4. The Labute approximate surface area is 110 Å². The molecule has 2 rings (SSSR count). The Morgan fingerprint density at radius 3 is 2.78 bits per heavy atom. The summed E-state index contributed by atoms with van der Waals surface area (Å²) in [4.78, 5) is 2.38. The largest absolute Gasteiger partial charge is 0.485 e. The van der Waals surface area contributed by atoms with Gasteiger partial charge in [0.2, 0.25) is 0 Å².